The van der Waals surface area contributed by atoms with Gasteiger partial charge in [0.05, 0.1) is 11.5 Å². The first kappa shape index (κ1) is 12.7. The second kappa shape index (κ2) is 4.25. The van der Waals surface area contributed by atoms with Crippen molar-refractivity contribution in [3.05, 3.63) is 0 Å². The Morgan fingerprint density at radius 3 is 2.20 bits per heavy atom. The van der Waals surface area contributed by atoms with Gasteiger partial charge in [0.25, 0.3) is 0 Å². The molecule has 0 aromatic heterocycles. The molecule has 0 radical (unpaired) electrons. The van der Waals surface area contributed by atoms with Crippen LogP contribution in [0.25, 0.3) is 0 Å². The highest BCUT2D eigenvalue weighted by molar-refractivity contribution is 7.80. The summed E-state index contributed by atoms with van der Waals surface area (Å²) >= 11 is 4.91. The summed E-state index contributed by atoms with van der Waals surface area (Å²) in [4.78, 5) is 1.81. The van der Waals surface area contributed by atoms with Crippen LogP contribution in [0, 0.1) is 5.41 Å². The summed E-state index contributed by atoms with van der Waals surface area (Å²) < 4.78 is 36.3. The summed E-state index contributed by atoms with van der Waals surface area (Å²) in [7, 11) is 0. The molecule has 0 aliphatic carbocycles. The molecule has 1 aliphatic heterocycles. The molecule has 1 saturated heterocycles. The molecule has 1 fully saturated rings. The van der Waals surface area contributed by atoms with Crippen molar-refractivity contribution in [2.75, 3.05) is 19.6 Å². The molecule has 0 unspecified atom stereocenters. The monoisotopic (exact) mass is 240 g/mol. The number of nitrogens with two attached hydrogens (primary N) is 1. The minimum absolute atomic E-state index is 0.266. The molecule has 1 aliphatic rings. The summed E-state index contributed by atoms with van der Waals surface area (Å²) in [6, 6.07) is 0. The van der Waals surface area contributed by atoms with Gasteiger partial charge >= 0.3 is 6.18 Å². The van der Waals surface area contributed by atoms with Crippen molar-refractivity contribution in [3.63, 3.8) is 0 Å². The molecule has 0 amide bonds. The van der Waals surface area contributed by atoms with Gasteiger partial charge in [-0.15, -0.1) is 0 Å². The minimum Gasteiger partial charge on any atom is -0.393 e. The third-order valence-corrected chi connectivity index (χ3v) is 3.45. The number of halogens is 3. The Labute approximate surface area is 92.6 Å². The van der Waals surface area contributed by atoms with Gasteiger partial charge in [0.2, 0.25) is 0 Å². The highest BCUT2D eigenvalue weighted by Gasteiger charge is 2.37. The van der Waals surface area contributed by atoms with E-state index in [2.05, 4.69) is 0 Å². The molecule has 0 aromatic carbocycles. The van der Waals surface area contributed by atoms with Crippen molar-refractivity contribution in [1.29, 1.82) is 0 Å². The molecule has 0 bridgehead atoms. The van der Waals surface area contributed by atoms with E-state index in [-0.39, 0.29) is 5.41 Å². The maximum Gasteiger partial charge on any atom is 0.401 e. The number of thiocarbonyl (C=S) groups is 1. The van der Waals surface area contributed by atoms with Crippen LogP contribution in [0.3, 0.4) is 0 Å². The van der Waals surface area contributed by atoms with Gasteiger partial charge in [-0.25, -0.2) is 0 Å². The lowest BCUT2D eigenvalue weighted by Gasteiger charge is -2.38. The molecule has 0 saturated carbocycles. The quantitative estimate of drug-likeness (QED) is 0.748. The van der Waals surface area contributed by atoms with Crippen LogP contribution in [0.15, 0.2) is 0 Å². The van der Waals surface area contributed by atoms with E-state index in [1.165, 1.54) is 4.90 Å². The summed E-state index contributed by atoms with van der Waals surface area (Å²) in [5, 5.41) is 0. The van der Waals surface area contributed by atoms with Gasteiger partial charge in [0.15, 0.2) is 0 Å². The van der Waals surface area contributed by atoms with E-state index in [0.717, 1.165) is 0 Å². The molecule has 6 heteroatoms. The Morgan fingerprint density at radius 2 is 1.87 bits per heavy atom. The van der Waals surface area contributed by atoms with Crippen molar-refractivity contribution < 1.29 is 13.2 Å². The molecule has 1 heterocycles. The Balaban J connectivity index is 2.46. The van der Waals surface area contributed by atoms with Gasteiger partial charge in [-0.05, 0) is 25.9 Å². The number of likely N-dealkylation sites (tertiary alicyclic amines) is 1. The number of piperidine rings is 1. The van der Waals surface area contributed by atoms with Crippen molar-refractivity contribution in [2.45, 2.75) is 25.9 Å². The van der Waals surface area contributed by atoms with Crippen LogP contribution >= 0.6 is 12.2 Å². The van der Waals surface area contributed by atoms with Crippen LogP contribution in [0.1, 0.15) is 19.8 Å². The maximum absolute atomic E-state index is 12.1. The molecule has 1 rings (SSSR count). The fourth-order valence-corrected chi connectivity index (χ4v) is 1.91. The number of hydrogen-bond donors (Lipinski definition) is 1. The third kappa shape index (κ3) is 3.61. The van der Waals surface area contributed by atoms with E-state index in [4.69, 9.17) is 18.0 Å². The molecule has 0 spiro atoms. The Hall–Kier alpha value is -0.360. The number of rotatable bonds is 2. The maximum atomic E-state index is 12.1. The van der Waals surface area contributed by atoms with Crippen LogP contribution in [-0.4, -0.2) is 35.7 Å². The van der Waals surface area contributed by atoms with Gasteiger partial charge in [0, 0.05) is 5.41 Å². The van der Waals surface area contributed by atoms with E-state index < -0.39 is 12.7 Å². The zero-order valence-corrected chi connectivity index (χ0v) is 9.42. The standard InChI is InChI=1S/C9H15F3N2S/c1-8(7(13)15)2-4-14(5-3-8)6-9(10,11)12/h2-6H2,1H3,(H2,13,15). The van der Waals surface area contributed by atoms with Crippen LogP contribution in [0.2, 0.25) is 0 Å². The first-order valence-corrected chi connectivity index (χ1v) is 5.23. The summed E-state index contributed by atoms with van der Waals surface area (Å²) in [6.45, 7) is 1.90. The van der Waals surface area contributed by atoms with Crippen LogP contribution in [0.5, 0.6) is 0 Å². The van der Waals surface area contributed by atoms with Crippen molar-refractivity contribution in [1.82, 2.24) is 4.90 Å². The third-order valence-electron chi connectivity index (χ3n) is 2.96. The van der Waals surface area contributed by atoms with Gasteiger partial charge in [0.1, 0.15) is 0 Å². The van der Waals surface area contributed by atoms with E-state index in [1.807, 2.05) is 6.92 Å². The first-order valence-electron chi connectivity index (χ1n) is 4.82. The van der Waals surface area contributed by atoms with Crippen LogP contribution in [-0.2, 0) is 0 Å². The highest BCUT2D eigenvalue weighted by atomic mass is 32.1. The van der Waals surface area contributed by atoms with Crippen molar-refractivity contribution >= 4 is 17.2 Å². The summed E-state index contributed by atoms with van der Waals surface area (Å²) in [5.41, 5.74) is 5.30. The van der Waals surface area contributed by atoms with Gasteiger partial charge < -0.3 is 5.73 Å². The Bertz CT molecular complexity index is 244. The Kier molecular flexibility index (Phi) is 3.60. The van der Waals surface area contributed by atoms with E-state index in [9.17, 15) is 13.2 Å². The fourth-order valence-electron chi connectivity index (χ4n) is 1.70. The number of nitrogens with zero attached hydrogens (tertiary/aromatic N) is 1. The lowest BCUT2D eigenvalue weighted by atomic mass is 9.80. The smallest absolute Gasteiger partial charge is 0.393 e. The normalized spacial score (nSPS) is 22.7. The lowest BCUT2D eigenvalue weighted by molar-refractivity contribution is -0.149. The molecule has 0 aromatic rings. The minimum atomic E-state index is -4.11. The van der Waals surface area contributed by atoms with E-state index >= 15 is 0 Å². The molecule has 0 atom stereocenters. The highest BCUT2D eigenvalue weighted by Crippen LogP contribution is 2.32. The summed E-state index contributed by atoms with van der Waals surface area (Å²) in [6.07, 6.45) is -2.90. The van der Waals surface area contributed by atoms with Crippen molar-refractivity contribution in [2.24, 2.45) is 11.1 Å². The molecule has 2 N–H and O–H groups in total. The zero-order chi connectivity index (χ0) is 11.7. The van der Waals surface area contributed by atoms with Gasteiger partial charge in [-0.2, -0.15) is 13.2 Å². The first-order chi connectivity index (χ1) is 6.73. The number of alkyl halides is 3. The van der Waals surface area contributed by atoms with Crippen LogP contribution < -0.4 is 5.73 Å². The summed E-state index contributed by atoms with van der Waals surface area (Å²) in [5.74, 6) is 0. The second-order valence-corrected chi connectivity index (χ2v) is 4.76. The second-order valence-electron chi connectivity index (χ2n) is 4.32. The average molecular weight is 240 g/mol. The molecule has 2 nitrogen and oxygen atoms in total. The van der Waals surface area contributed by atoms with Crippen LogP contribution in [0.4, 0.5) is 13.2 Å². The lowest BCUT2D eigenvalue weighted by Crippen LogP contribution is -2.47. The fraction of sp³-hybridized carbons (Fsp3) is 0.889. The Morgan fingerprint density at radius 1 is 1.40 bits per heavy atom. The largest absolute Gasteiger partial charge is 0.401 e. The van der Waals surface area contributed by atoms with E-state index in [0.29, 0.717) is 30.9 Å². The predicted molar refractivity (Wildman–Crippen MR) is 56.6 cm³/mol. The number of hydrogen-bond acceptors (Lipinski definition) is 2. The predicted octanol–water partition coefficient (Wildman–Crippen LogP) is 1.94. The van der Waals surface area contributed by atoms with Crippen molar-refractivity contribution in [3.8, 4) is 0 Å². The SMILES string of the molecule is CC1(C(N)=S)CCN(CC(F)(F)F)CC1. The van der Waals surface area contributed by atoms with Gasteiger partial charge in [-0.3, -0.25) is 4.90 Å². The van der Waals surface area contributed by atoms with E-state index in [1.54, 1.807) is 0 Å². The molecular weight excluding hydrogens is 225 g/mol. The van der Waals surface area contributed by atoms with Gasteiger partial charge in [-0.1, -0.05) is 19.1 Å². The zero-order valence-electron chi connectivity index (χ0n) is 8.60. The molecular formula is C9H15F3N2S. The average Bonchev–Trinajstić information content (AvgIpc) is 2.07. The molecule has 15 heavy (non-hydrogen) atoms. The topological polar surface area (TPSA) is 29.3 Å². The molecule has 88 valence electrons.